The lowest BCUT2D eigenvalue weighted by Gasteiger charge is -2.22. The third kappa shape index (κ3) is 3.32. The highest BCUT2D eigenvalue weighted by molar-refractivity contribution is 7.91. The molecular weight excluding hydrogens is 269 g/mol. The molecule has 1 aliphatic rings. The van der Waals surface area contributed by atoms with E-state index in [0.717, 1.165) is 0 Å². The summed E-state index contributed by atoms with van der Waals surface area (Å²) in [6.45, 7) is 2.18. The first-order chi connectivity index (χ1) is 8.89. The zero-order valence-electron chi connectivity index (χ0n) is 10.7. The van der Waals surface area contributed by atoms with Crippen molar-refractivity contribution in [3.8, 4) is 0 Å². The molecule has 1 fully saturated rings. The van der Waals surface area contributed by atoms with Gasteiger partial charge in [0.05, 0.1) is 17.2 Å². The predicted molar refractivity (Wildman–Crippen MR) is 71.9 cm³/mol. The molecule has 1 heterocycles. The van der Waals surface area contributed by atoms with Crippen LogP contribution in [0.1, 0.15) is 23.7 Å². The molecule has 0 N–H and O–H groups in total. The van der Waals surface area contributed by atoms with E-state index in [9.17, 15) is 17.6 Å². The number of ketones is 1. The molecule has 0 spiro atoms. The van der Waals surface area contributed by atoms with E-state index in [-0.39, 0.29) is 17.3 Å². The first-order valence-electron chi connectivity index (χ1n) is 6.15. The highest BCUT2D eigenvalue weighted by Gasteiger charge is 2.21. The third-order valence-electron chi connectivity index (χ3n) is 3.25. The van der Waals surface area contributed by atoms with Gasteiger partial charge in [-0.25, -0.2) is 12.8 Å². The number of carbonyl (C=O) groups excluding carboxylic acids is 1. The monoisotopic (exact) mass is 285 g/mol. The van der Waals surface area contributed by atoms with Crippen LogP contribution in [-0.2, 0) is 9.84 Å². The standard InChI is InChI=1S/C13H16FNO3S/c1-10(16)11-3-4-13(12(14)9-11)15-5-2-7-19(17,18)8-6-15/h3-4,9H,2,5-8H2,1H3. The van der Waals surface area contributed by atoms with Crippen molar-refractivity contribution in [2.24, 2.45) is 0 Å². The number of hydrogen-bond donors (Lipinski definition) is 0. The molecule has 0 bridgehead atoms. The zero-order valence-corrected chi connectivity index (χ0v) is 11.5. The summed E-state index contributed by atoms with van der Waals surface area (Å²) in [4.78, 5) is 12.9. The Bertz CT molecular complexity index is 598. The second-order valence-corrected chi connectivity index (χ2v) is 7.02. The molecule has 6 heteroatoms. The number of sulfone groups is 1. The third-order valence-corrected chi connectivity index (χ3v) is 4.97. The van der Waals surface area contributed by atoms with Gasteiger partial charge in [-0.2, -0.15) is 0 Å². The molecule has 0 aromatic heterocycles. The quantitative estimate of drug-likeness (QED) is 0.775. The number of rotatable bonds is 2. The van der Waals surface area contributed by atoms with Crippen molar-refractivity contribution >= 4 is 21.3 Å². The summed E-state index contributed by atoms with van der Waals surface area (Å²) in [5, 5.41) is 0. The summed E-state index contributed by atoms with van der Waals surface area (Å²) in [7, 11) is -3.01. The number of carbonyl (C=O) groups is 1. The van der Waals surface area contributed by atoms with Gasteiger partial charge in [-0.05, 0) is 31.5 Å². The fourth-order valence-corrected chi connectivity index (χ4v) is 3.43. The average molecular weight is 285 g/mol. The van der Waals surface area contributed by atoms with Crippen molar-refractivity contribution in [1.29, 1.82) is 0 Å². The lowest BCUT2D eigenvalue weighted by atomic mass is 10.1. The minimum atomic E-state index is -3.01. The fourth-order valence-electron chi connectivity index (χ4n) is 2.16. The second-order valence-electron chi connectivity index (χ2n) is 4.71. The fraction of sp³-hybridized carbons (Fsp3) is 0.462. The van der Waals surface area contributed by atoms with Crippen molar-refractivity contribution in [3.63, 3.8) is 0 Å². The summed E-state index contributed by atoms with van der Waals surface area (Å²) in [5.41, 5.74) is 0.686. The minimum Gasteiger partial charge on any atom is -0.368 e. The lowest BCUT2D eigenvalue weighted by molar-refractivity contribution is 0.101. The van der Waals surface area contributed by atoms with E-state index in [1.807, 2.05) is 0 Å². The summed E-state index contributed by atoms with van der Waals surface area (Å²) in [6, 6.07) is 4.32. The number of halogens is 1. The van der Waals surface area contributed by atoms with Crippen LogP contribution >= 0.6 is 0 Å². The van der Waals surface area contributed by atoms with Crippen LogP contribution in [0.25, 0.3) is 0 Å². The van der Waals surface area contributed by atoms with Gasteiger partial charge in [0.15, 0.2) is 15.6 Å². The SMILES string of the molecule is CC(=O)c1ccc(N2CCCS(=O)(=O)CC2)c(F)c1. The van der Waals surface area contributed by atoms with Crippen LogP contribution in [0.5, 0.6) is 0 Å². The number of benzene rings is 1. The zero-order chi connectivity index (χ0) is 14.0. The van der Waals surface area contributed by atoms with Crippen LogP contribution in [0.15, 0.2) is 18.2 Å². The molecule has 4 nitrogen and oxygen atoms in total. The molecule has 1 aromatic carbocycles. The van der Waals surface area contributed by atoms with Gasteiger partial charge in [-0.3, -0.25) is 4.79 Å². The second kappa shape index (κ2) is 5.28. The van der Waals surface area contributed by atoms with Gasteiger partial charge in [0.2, 0.25) is 0 Å². The van der Waals surface area contributed by atoms with E-state index in [2.05, 4.69) is 0 Å². The maximum Gasteiger partial charge on any atom is 0.159 e. The van der Waals surface area contributed by atoms with Gasteiger partial charge in [-0.15, -0.1) is 0 Å². The molecule has 0 radical (unpaired) electrons. The maximum absolute atomic E-state index is 14.0. The predicted octanol–water partition coefficient (Wildman–Crippen LogP) is 1.65. The van der Waals surface area contributed by atoms with Crippen molar-refractivity contribution in [1.82, 2.24) is 0 Å². The van der Waals surface area contributed by atoms with Crippen molar-refractivity contribution in [2.45, 2.75) is 13.3 Å². The van der Waals surface area contributed by atoms with Crippen LogP contribution in [-0.4, -0.2) is 38.8 Å². The van der Waals surface area contributed by atoms with E-state index in [1.165, 1.54) is 13.0 Å². The Hall–Kier alpha value is -1.43. The average Bonchev–Trinajstić information content (AvgIpc) is 2.50. The number of anilines is 1. The number of hydrogen-bond acceptors (Lipinski definition) is 4. The molecule has 0 amide bonds. The lowest BCUT2D eigenvalue weighted by Crippen LogP contribution is -2.27. The molecule has 2 rings (SSSR count). The molecule has 1 aromatic rings. The Balaban J connectivity index is 2.25. The van der Waals surface area contributed by atoms with Crippen molar-refractivity contribution in [3.05, 3.63) is 29.6 Å². The number of Topliss-reactive ketones (excluding diaryl/α,β-unsaturated/α-hetero) is 1. The van der Waals surface area contributed by atoms with Crippen LogP contribution in [0.3, 0.4) is 0 Å². The smallest absolute Gasteiger partial charge is 0.159 e. The first-order valence-corrected chi connectivity index (χ1v) is 7.97. The summed E-state index contributed by atoms with van der Waals surface area (Å²) in [5.74, 6) is -0.478. The highest BCUT2D eigenvalue weighted by atomic mass is 32.2. The van der Waals surface area contributed by atoms with E-state index in [1.54, 1.807) is 17.0 Å². The maximum atomic E-state index is 14.0. The van der Waals surface area contributed by atoms with Crippen LogP contribution < -0.4 is 4.90 Å². The molecule has 19 heavy (non-hydrogen) atoms. The van der Waals surface area contributed by atoms with Crippen molar-refractivity contribution in [2.75, 3.05) is 29.5 Å². The molecule has 1 aliphatic heterocycles. The molecule has 1 saturated heterocycles. The molecule has 0 atom stereocenters. The Morgan fingerprint density at radius 2 is 2.00 bits per heavy atom. The van der Waals surface area contributed by atoms with Gasteiger partial charge in [-0.1, -0.05) is 0 Å². The summed E-state index contributed by atoms with van der Waals surface area (Å²) >= 11 is 0. The van der Waals surface area contributed by atoms with E-state index < -0.39 is 15.7 Å². The van der Waals surface area contributed by atoms with Gasteiger partial charge >= 0.3 is 0 Å². The molecular formula is C13H16FNO3S. The van der Waals surface area contributed by atoms with Crippen molar-refractivity contribution < 1.29 is 17.6 Å². The molecule has 104 valence electrons. The van der Waals surface area contributed by atoms with E-state index in [0.29, 0.717) is 30.8 Å². The van der Waals surface area contributed by atoms with Gasteiger partial charge < -0.3 is 4.90 Å². The Morgan fingerprint density at radius 3 is 2.63 bits per heavy atom. The first kappa shape index (κ1) is 14.0. The van der Waals surface area contributed by atoms with Gasteiger partial charge in [0, 0.05) is 18.7 Å². The highest BCUT2D eigenvalue weighted by Crippen LogP contribution is 2.22. The largest absolute Gasteiger partial charge is 0.368 e. The Labute approximate surface area is 112 Å². The molecule has 0 aliphatic carbocycles. The number of nitrogens with zero attached hydrogens (tertiary/aromatic N) is 1. The van der Waals surface area contributed by atoms with Crippen LogP contribution in [0.2, 0.25) is 0 Å². The van der Waals surface area contributed by atoms with Crippen LogP contribution in [0, 0.1) is 5.82 Å². The normalized spacial score (nSPS) is 18.9. The van der Waals surface area contributed by atoms with Crippen LogP contribution in [0.4, 0.5) is 10.1 Å². The molecule has 0 unspecified atom stereocenters. The van der Waals surface area contributed by atoms with Gasteiger partial charge in [0.25, 0.3) is 0 Å². The topological polar surface area (TPSA) is 54.5 Å². The summed E-state index contributed by atoms with van der Waals surface area (Å²) in [6.07, 6.45) is 0.496. The van der Waals surface area contributed by atoms with Gasteiger partial charge in [0.1, 0.15) is 5.82 Å². The van der Waals surface area contributed by atoms with E-state index >= 15 is 0 Å². The Morgan fingerprint density at radius 1 is 1.26 bits per heavy atom. The summed E-state index contributed by atoms with van der Waals surface area (Å²) < 4.78 is 37.0. The molecule has 0 saturated carbocycles. The van der Waals surface area contributed by atoms with E-state index in [4.69, 9.17) is 0 Å². The Kier molecular flexibility index (Phi) is 3.89. The minimum absolute atomic E-state index is 0.0426.